The number of hydrogen-bond donors (Lipinski definition) is 1. The van der Waals surface area contributed by atoms with E-state index < -0.39 is 35.0 Å². The van der Waals surface area contributed by atoms with E-state index in [0.717, 1.165) is 0 Å². The highest BCUT2D eigenvalue weighted by atomic mass is 35.5. The average molecular weight is 376 g/mol. The summed E-state index contributed by atoms with van der Waals surface area (Å²) < 4.78 is 51.2. The summed E-state index contributed by atoms with van der Waals surface area (Å²) in [4.78, 5) is 13.8. The summed E-state index contributed by atoms with van der Waals surface area (Å²) in [5.41, 5.74) is 0. The molecule has 0 aliphatic carbocycles. The van der Waals surface area contributed by atoms with Gasteiger partial charge < -0.3 is 4.90 Å². The van der Waals surface area contributed by atoms with Crippen LogP contribution in [-0.4, -0.2) is 74.0 Å². The second kappa shape index (κ2) is 7.58. The van der Waals surface area contributed by atoms with E-state index in [0.29, 0.717) is 32.5 Å². The van der Waals surface area contributed by atoms with Crippen molar-refractivity contribution in [3.05, 3.63) is 0 Å². The molecule has 0 aromatic heterocycles. The van der Waals surface area contributed by atoms with Gasteiger partial charge in [-0.1, -0.05) is 6.92 Å². The van der Waals surface area contributed by atoms with E-state index >= 15 is 0 Å². The summed E-state index contributed by atoms with van der Waals surface area (Å²) in [6.07, 6.45) is 1.79. The number of nitrogens with one attached hydrogen (secondary N) is 1. The van der Waals surface area contributed by atoms with Crippen molar-refractivity contribution in [3.8, 4) is 0 Å². The SMILES string of the molecule is CCN(C1CCN(C(=O)C2CC(F)(F)CN2)CC1)S(C)(=O)=O.Cl. The number of amides is 1. The molecule has 0 bridgehead atoms. The van der Waals surface area contributed by atoms with Gasteiger partial charge in [-0.05, 0) is 12.8 Å². The first-order chi connectivity index (χ1) is 10.1. The smallest absolute Gasteiger partial charge is 0.262 e. The Labute approximate surface area is 142 Å². The van der Waals surface area contributed by atoms with Crippen LogP contribution in [0.25, 0.3) is 0 Å². The normalized spacial score (nSPS) is 25.4. The standard InChI is InChI=1S/C13H23F2N3O3S.ClH/c1-3-18(22(2,20)21)10-4-6-17(7-5-10)12(19)11-8-13(14,15)9-16-11;/h10-11,16H,3-9H2,1-2H3;1H. The van der Waals surface area contributed by atoms with Crippen LogP contribution in [-0.2, 0) is 14.8 Å². The second-order valence-corrected chi connectivity index (χ2v) is 7.95. The molecule has 0 saturated carbocycles. The fraction of sp³-hybridized carbons (Fsp3) is 0.923. The maximum atomic E-state index is 13.2. The summed E-state index contributed by atoms with van der Waals surface area (Å²) in [6.45, 7) is 2.52. The summed E-state index contributed by atoms with van der Waals surface area (Å²) in [5.74, 6) is -3.13. The van der Waals surface area contributed by atoms with Gasteiger partial charge in [0.2, 0.25) is 15.9 Å². The molecule has 23 heavy (non-hydrogen) atoms. The molecule has 2 aliphatic heterocycles. The topological polar surface area (TPSA) is 69.7 Å². The number of carbonyl (C=O) groups excluding carboxylic acids is 1. The van der Waals surface area contributed by atoms with E-state index in [-0.39, 0.29) is 24.4 Å². The van der Waals surface area contributed by atoms with Gasteiger partial charge in [0.05, 0.1) is 18.8 Å². The zero-order chi connectivity index (χ0) is 16.5. The van der Waals surface area contributed by atoms with Crippen LogP contribution in [0.3, 0.4) is 0 Å². The summed E-state index contributed by atoms with van der Waals surface area (Å²) in [5, 5.41) is 2.57. The minimum Gasteiger partial charge on any atom is -0.341 e. The number of hydrogen-bond acceptors (Lipinski definition) is 4. The molecular weight excluding hydrogens is 352 g/mol. The molecule has 2 heterocycles. The Morgan fingerprint density at radius 3 is 2.30 bits per heavy atom. The van der Waals surface area contributed by atoms with E-state index in [1.165, 1.54) is 10.6 Å². The van der Waals surface area contributed by atoms with Crippen molar-refractivity contribution < 1.29 is 22.0 Å². The number of likely N-dealkylation sites (tertiary alicyclic amines) is 1. The average Bonchev–Trinajstić information content (AvgIpc) is 2.78. The van der Waals surface area contributed by atoms with Crippen molar-refractivity contribution in [2.75, 3.05) is 32.4 Å². The highest BCUT2D eigenvalue weighted by Crippen LogP contribution is 2.27. The van der Waals surface area contributed by atoms with Crippen LogP contribution in [0.2, 0.25) is 0 Å². The van der Waals surface area contributed by atoms with Crippen LogP contribution >= 0.6 is 12.4 Å². The number of halogens is 3. The lowest BCUT2D eigenvalue weighted by molar-refractivity contribution is -0.135. The molecule has 10 heteroatoms. The molecule has 0 spiro atoms. The summed E-state index contributed by atoms with van der Waals surface area (Å²) in [6, 6.07) is -0.953. The number of piperidine rings is 1. The zero-order valence-corrected chi connectivity index (χ0v) is 14.9. The Bertz CT molecular complexity index is 525. The lowest BCUT2D eigenvalue weighted by atomic mass is 10.0. The summed E-state index contributed by atoms with van der Waals surface area (Å²) >= 11 is 0. The molecule has 136 valence electrons. The lowest BCUT2D eigenvalue weighted by Gasteiger charge is -2.37. The van der Waals surface area contributed by atoms with E-state index in [1.54, 1.807) is 11.8 Å². The van der Waals surface area contributed by atoms with Crippen molar-refractivity contribution in [2.45, 2.75) is 44.2 Å². The third kappa shape index (κ3) is 4.98. The molecule has 2 saturated heterocycles. The summed E-state index contributed by atoms with van der Waals surface area (Å²) in [7, 11) is -3.27. The van der Waals surface area contributed by atoms with Crippen molar-refractivity contribution in [3.63, 3.8) is 0 Å². The van der Waals surface area contributed by atoms with Crippen molar-refractivity contribution in [1.82, 2.24) is 14.5 Å². The molecule has 1 atom stereocenters. The van der Waals surface area contributed by atoms with Gasteiger partial charge in [-0.15, -0.1) is 12.4 Å². The Morgan fingerprint density at radius 2 is 1.91 bits per heavy atom. The van der Waals surface area contributed by atoms with Gasteiger partial charge in [0.15, 0.2) is 0 Å². The minimum atomic E-state index is -3.27. The van der Waals surface area contributed by atoms with Crippen molar-refractivity contribution in [1.29, 1.82) is 0 Å². The molecule has 0 aromatic carbocycles. The van der Waals surface area contributed by atoms with Gasteiger partial charge in [-0.3, -0.25) is 10.1 Å². The largest absolute Gasteiger partial charge is 0.341 e. The van der Waals surface area contributed by atoms with Crippen LogP contribution in [0.15, 0.2) is 0 Å². The third-order valence-corrected chi connectivity index (χ3v) is 5.74. The van der Waals surface area contributed by atoms with Gasteiger partial charge in [-0.25, -0.2) is 17.2 Å². The van der Waals surface area contributed by atoms with Gasteiger partial charge in [0, 0.05) is 32.1 Å². The Kier molecular flexibility index (Phi) is 6.77. The predicted octanol–water partition coefficient (Wildman–Crippen LogP) is 0.678. The fourth-order valence-corrected chi connectivity index (χ4v) is 4.47. The lowest BCUT2D eigenvalue weighted by Crippen LogP contribution is -2.51. The van der Waals surface area contributed by atoms with Crippen LogP contribution in [0.1, 0.15) is 26.2 Å². The van der Waals surface area contributed by atoms with E-state index in [2.05, 4.69) is 5.32 Å². The van der Waals surface area contributed by atoms with Crippen molar-refractivity contribution in [2.24, 2.45) is 0 Å². The zero-order valence-electron chi connectivity index (χ0n) is 13.3. The molecule has 0 radical (unpaired) electrons. The number of rotatable bonds is 4. The first kappa shape index (κ1) is 20.5. The van der Waals surface area contributed by atoms with Crippen LogP contribution in [0, 0.1) is 0 Å². The monoisotopic (exact) mass is 375 g/mol. The molecule has 1 amide bonds. The molecule has 1 N–H and O–H groups in total. The molecule has 2 fully saturated rings. The highest BCUT2D eigenvalue weighted by Gasteiger charge is 2.44. The van der Waals surface area contributed by atoms with Crippen LogP contribution in [0.4, 0.5) is 8.78 Å². The number of carbonyl (C=O) groups is 1. The first-order valence-corrected chi connectivity index (χ1v) is 9.35. The molecule has 0 aromatic rings. The number of alkyl halides is 2. The van der Waals surface area contributed by atoms with E-state index in [1.807, 2.05) is 0 Å². The van der Waals surface area contributed by atoms with Crippen LogP contribution < -0.4 is 5.32 Å². The first-order valence-electron chi connectivity index (χ1n) is 7.51. The third-order valence-electron chi connectivity index (χ3n) is 4.33. The Hall–Kier alpha value is -0.510. The van der Waals surface area contributed by atoms with Gasteiger partial charge in [-0.2, -0.15) is 4.31 Å². The molecule has 2 aliphatic rings. The fourth-order valence-electron chi connectivity index (χ4n) is 3.25. The van der Waals surface area contributed by atoms with Gasteiger partial charge >= 0.3 is 0 Å². The number of sulfonamides is 1. The van der Waals surface area contributed by atoms with Gasteiger partial charge in [0.25, 0.3) is 5.92 Å². The van der Waals surface area contributed by atoms with Gasteiger partial charge in [0.1, 0.15) is 0 Å². The highest BCUT2D eigenvalue weighted by molar-refractivity contribution is 7.88. The second-order valence-electron chi connectivity index (χ2n) is 6.02. The number of nitrogens with zero attached hydrogens (tertiary/aromatic N) is 2. The maximum Gasteiger partial charge on any atom is 0.262 e. The van der Waals surface area contributed by atoms with E-state index in [9.17, 15) is 22.0 Å². The minimum absolute atomic E-state index is 0. The van der Waals surface area contributed by atoms with Crippen molar-refractivity contribution >= 4 is 28.3 Å². The Balaban J connectivity index is 0.00000264. The van der Waals surface area contributed by atoms with E-state index in [4.69, 9.17) is 0 Å². The molecule has 6 nitrogen and oxygen atoms in total. The maximum absolute atomic E-state index is 13.2. The molecule has 2 rings (SSSR count). The molecular formula is C13H24ClF2N3O3S. The molecule has 1 unspecified atom stereocenters. The predicted molar refractivity (Wildman–Crippen MR) is 85.4 cm³/mol. The Morgan fingerprint density at radius 1 is 1.35 bits per heavy atom. The van der Waals surface area contributed by atoms with Crippen LogP contribution in [0.5, 0.6) is 0 Å². The quantitative estimate of drug-likeness (QED) is 0.784.